The summed E-state index contributed by atoms with van der Waals surface area (Å²) in [7, 11) is 0. The van der Waals surface area contributed by atoms with Gasteiger partial charge in [0.2, 0.25) is 5.91 Å². The summed E-state index contributed by atoms with van der Waals surface area (Å²) < 4.78 is 5.53. The lowest BCUT2D eigenvalue weighted by Crippen LogP contribution is -2.54. The van der Waals surface area contributed by atoms with Gasteiger partial charge < -0.3 is 25.6 Å². The fourth-order valence-corrected chi connectivity index (χ4v) is 4.19. The molecular weight excluding hydrogens is 436 g/mol. The maximum absolute atomic E-state index is 12.7. The zero-order valence-electron chi connectivity index (χ0n) is 19.7. The van der Waals surface area contributed by atoms with Crippen LogP contribution < -0.4 is 10.6 Å². The van der Waals surface area contributed by atoms with Gasteiger partial charge in [0, 0.05) is 5.92 Å². The van der Waals surface area contributed by atoms with Gasteiger partial charge in [-0.3, -0.25) is 4.79 Å². The second-order valence-corrected chi connectivity index (χ2v) is 9.06. The average Bonchev–Trinajstić information content (AvgIpc) is 3.11. The van der Waals surface area contributed by atoms with Crippen molar-refractivity contribution in [2.75, 3.05) is 6.61 Å². The molecule has 34 heavy (non-hydrogen) atoms. The Morgan fingerprint density at radius 1 is 0.912 bits per heavy atom. The van der Waals surface area contributed by atoms with E-state index >= 15 is 0 Å². The van der Waals surface area contributed by atoms with E-state index in [4.69, 9.17) is 4.74 Å². The molecule has 182 valence electrons. The van der Waals surface area contributed by atoms with E-state index in [-0.39, 0.29) is 18.4 Å². The predicted molar refractivity (Wildman–Crippen MR) is 127 cm³/mol. The standard InChI is InChI=1S/C26H32N2O6/c1-15(2)12-13-22(24(30)28-23(16(3)29)25(31)32)27-26(33)34-14-21-19-10-6-4-8-17(19)18-9-5-7-11-20(18)21/h4-11,15-16,21-23,29H,12-14H2,1-3H3,(H,27,33)(H,28,30)(H,31,32)/t16-,22?,23+/m1/s1. The fourth-order valence-electron chi connectivity index (χ4n) is 4.19. The maximum Gasteiger partial charge on any atom is 0.407 e. The number of carbonyl (C=O) groups is 3. The minimum Gasteiger partial charge on any atom is -0.480 e. The summed E-state index contributed by atoms with van der Waals surface area (Å²) in [6, 6.07) is 13.5. The van der Waals surface area contributed by atoms with Gasteiger partial charge in [0.15, 0.2) is 6.04 Å². The third-order valence-corrected chi connectivity index (χ3v) is 6.03. The number of fused-ring (bicyclic) bond motifs is 3. The lowest BCUT2D eigenvalue weighted by Gasteiger charge is -2.23. The molecule has 2 amide bonds. The summed E-state index contributed by atoms with van der Waals surface area (Å²) in [4.78, 5) is 36.8. The maximum atomic E-state index is 12.7. The average molecular weight is 469 g/mol. The van der Waals surface area contributed by atoms with Crippen LogP contribution in [-0.2, 0) is 14.3 Å². The van der Waals surface area contributed by atoms with E-state index in [1.54, 1.807) is 0 Å². The van der Waals surface area contributed by atoms with Crippen LogP contribution in [0.2, 0.25) is 0 Å². The molecule has 0 bridgehead atoms. The van der Waals surface area contributed by atoms with Crippen LogP contribution in [0.3, 0.4) is 0 Å². The van der Waals surface area contributed by atoms with Gasteiger partial charge in [-0.1, -0.05) is 62.4 Å². The molecule has 4 N–H and O–H groups in total. The van der Waals surface area contributed by atoms with Crippen molar-refractivity contribution in [1.29, 1.82) is 0 Å². The first-order valence-electron chi connectivity index (χ1n) is 11.5. The summed E-state index contributed by atoms with van der Waals surface area (Å²) in [6.07, 6.45) is -1.11. The van der Waals surface area contributed by atoms with E-state index in [2.05, 4.69) is 10.6 Å². The number of rotatable bonds is 10. The predicted octanol–water partition coefficient (Wildman–Crippen LogP) is 3.28. The Bertz CT molecular complexity index is 990. The number of hydrogen-bond donors (Lipinski definition) is 4. The number of hydrogen-bond acceptors (Lipinski definition) is 5. The number of aliphatic hydroxyl groups is 1. The SMILES string of the molecule is CC(C)CCC(NC(=O)OCC1c2ccccc2-c2ccccc21)C(=O)N[C@H](C(=O)O)[C@@H](C)O. The molecule has 3 atom stereocenters. The summed E-state index contributed by atoms with van der Waals surface area (Å²) in [5.74, 6) is -1.88. The molecule has 0 saturated carbocycles. The highest BCUT2D eigenvalue weighted by molar-refractivity contribution is 5.89. The number of carboxylic acids is 1. The van der Waals surface area contributed by atoms with Crippen molar-refractivity contribution < 1.29 is 29.3 Å². The lowest BCUT2D eigenvalue weighted by molar-refractivity contribution is -0.145. The monoisotopic (exact) mass is 468 g/mol. The highest BCUT2D eigenvalue weighted by Gasteiger charge is 2.31. The van der Waals surface area contributed by atoms with E-state index in [0.717, 1.165) is 22.3 Å². The van der Waals surface area contributed by atoms with E-state index in [9.17, 15) is 24.6 Å². The van der Waals surface area contributed by atoms with Crippen LogP contribution in [0, 0.1) is 5.92 Å². The zero-order valence-corrected chi connectivity index (χ0v) is 19.7. The molecule has 0 saturated heterocycles. The highest BCUT2D eigenvalue weighted by Crippen LogP contribution is 2.44. The van der Waals surface area contributed by atoms with Crippen molar-refractivity contribution >= 4 is 18.0 Å². The Morgan fingerprint density at radius 2 is 1.47 bits per heavy atom. The van der Waals surface area contributed by atoms with E-state index in [1.807, 2.05) is 62.4 Å². The minimum atomic E-state index is -1.47. The lowest BCUT2D eigenvalue weighted by atomic mass is 9.98. The Balaban J connectivity index is 1.68. The smallest absolute Gasteiger partial charge is 0.407 e. The number of carbonyl (C=O) groups excluding carboxylic acids is 2. The molecule has 1 aliphatic carbocycles. The summed E-state index contributed by atoms with van der Waals surface area (Å²) in [5, 5.41) is 23.8. The number of nitrogens with one attached hydrogen (secondary N) is 2. The van der Waals surface area contributed by atoms with Crippen molar-refractivity contribution in [3.63, 3.8) is 0 Å². The molecule has 8 heteroatoms. The molecule has 0 fully saturated rings. The molecule has 0 aliphatic heterocycles. The van der Waals surface area contributed by atoms with E-state index in [0.29, 0.717) is 12.8 Å². The van der Waals surface area contributed by atoms with Crippen LogP contribution in [0.1, 0.15) is 50.7 Å². The first kappa shape index (κ1) is 25.2. The third-order valence-electron chi connectivity index (χ3n) is 6.03. The Labute approximate surface area is 199 Å². The van der Waals surface area contributed by atoms with E-state index in [1.165, 1.54) is 6.92 Å². The zero-order chi connectivity index (χ0) is 24.8. The first-order valence-corrected chi connectivity index (χ1v) is 11.5. The number of ether oxygens (including phenoxy) is 1. The van der Waals surface area contributed by atoms with Crippen LogP contribution in [0.15, 0.2) is 48.5 Å². The molecule has 8 nitrogen and oxygen atoms in total. The van der Waals surface area contributed by atoms with Gasteiger partial charge in [-0.25, -0.2) is 9.59 Å². The number of amides is 2. The molecular formula is C26H32N2O6. The molecule has 0 heterocycles. The molecule has 0 aromatic heterocycles. The van der Waals surface area contributed by atoms with Crippen molar-refractivity contribution in [3.8, 4) is 11.1 Å². The quantitative estimate of drug-likeness (QED) is 0.424. The Morgan fingerprint density at radius 3 is 1.97 bits per heavy atom. The van der Waals surface area contributed by atoms with Crippen LogP contribution in [0.4, 0.5) is 4.79 Å². The van der Waals surface area contributed by atoms with Crippen LogP contribution in [0.5, 0.6) is 0 Å². The van der Waals surface area contributed by atoms with Crippen molar-refractivity contribution in [1.82, 2.24) is 10.6 Å². The number of aliphatic hydroxyl groups excluding tert-OH is 1. The number of benzene rings is 2. The number of carboxylic acid groups (broad SMARTS) is 1. The van der Waals surface area contributed by atoms with Crippen LogP contribution >= 0.6 is 0 Å². The molecule has 2 aromatic rings. The largest absolute Gasteiger partial charge is 0.480 e. The summed E-state index contributed by atoms with van der Waals surface area (Å²) in [5.41, 5.74) is 4.37. The van der Waals surface area contributed by atoms with E-state index < -0.39 is 36.2 Å². The first-order chi connectivity index (χ1) is 16.2. The molecule has 1 aliphatic rings. The topological polar surface area (TPSA) is 125 Å². The van der Waals surface area contributed by atoms with Gasteiger partial charge in [0.1, 0.15) is 12.6 Å². The van der Waals surface area contributed by atoms with Crippen LogP contribution in [0.25, 0.3) is 11.1 Å². The van der Waals surface area contributed by atoms with Gasteiger partial charge in [0.05, 0.1) is 6.10 Å². The molecule has 0 spiro atoms. The third kappa shape index (κ3) is 5.94. The van der Waals surface area contributed by atoms with Crippen molar-refractivity contribution in [3.05, 3.63) is 59.7 Å². The van der Waals surface area contributed by atoms with Crippen LogP contribution in [-0.4, -0.2) is 53.0 Å². The summed E-state index contributed by atoms with van der Waals surface area (Å²) in [6.45, 7) is 5.35. The fraction of sp³-hybridized carbons (Fsp3) is 0.423. The van der Waals surface area contributed by atoms with Crippen molar-refractivity contribution in [2.45, 2.75) is 57.7 Å². The summed E-state index contributed by atoms with van der Waals surface area (Å²) >= 11 is 0. The highest BCUT2D eigenvalue weighted by atomic mass is 16.5. The van der Waals surface area contributed by atoms with Gasteiger partial charge in [-0.15, -0.1) is 0 Å². The van der Waals surface area contributed by atoms with Gasteiger partial charge in [0.25, 0.3) is 0 Å². The van der Waals surface area contributed by atoms with Gasteiger partial charge in [-0.05, 0) is 47.9 Å². The van der Waals surface area contributed by atoms with Crippen molar-refractivity contribution in [2.24, 2.45) is 5.92 Å². The molecule has 0 radical (unpaired) electrons. The molecule has 3 rings (SSSR count). The molecule has 2 aromatic carbocycles. The van der Waals surface area contributed by atoms with Gasteiger partial charge >= 0.3 is 12.1 Å². The second kappa shape index (κ2) is 11.2. The Kier molecular flexibility index (Phi) is 8.28. The molecule has 1 unspecified atom stereocenters. The van der Waals surface area contributed by atoms with Gasteiger partial charge in [-0.2, -0.15) is 0 Å². The Hall–Kier alpha value is -3.39. The number of alkyl carbamates (subject to hydrolysis) is 1. The second-order valence-electron chi connectivity index (χ2n) is 9.06. The minimum absolute atomic E-state index is 0.101. The number of aliphatic carboxylic acids is 1. The normalized spacial score (nSPS) is 15.1.